The zero-order chi connectivity index (χ0) is 14.5. The predicted octanol–water partition coefficient (Wildman–Crippen LogP) is 4.32. The lowest BCUT2D eigenvalue weighted by molar-refractivity contribution is -0.384. The first-order valence-corrected chi connectivity index (χ1v) is 7.61. The van der Waals surface area contributed by atoms with Crippen LogP contribution in [0.2, 0.25) is 5.02 Å². The van der Waals surface area contributed by atoms with Gasteiger partial charge in [-0.2, -0.15) is 11.8 Å². The van der Waals surface area contributed by atoms with E-state index in [1.807, 2.05) is 18.4 Å². The molecule has 0 radical (unpaired) electrons. The Labute approximate surface area is 125 Å². The fourth-order valence-corrected chi connectivity index (χ4v) is 2.34. The molecule has 0 amide bonds. The molecule has 1 N–H and O–H groups in total. The first-order chi connectivity index (χ1) is 9.60. The minimum absolute atomic E-state index is 0.00899. The summed E-state index contributed by atoms with van der Waals surface area (Å²) < 4.78 is 5.59. The number of halogens is 1. The van der Waals surface area contributed by atoms with Crippen molar-refractivity contribution in [1.82, 2.24) is 0 Å². The Morgan fingerprint density at radius 3 is 2.80 bits per heavy atom. The molecule has 0 aliphatic carbocycles. The lowest BCUT2D eigenvalue weighted by atomic mass is 10.2. The van der Waals surface area contributed by atoms with Crippen molar-refractivity contribution in [3.8, 4) is 0 Å². The third-order valence-corrected chi connectivity index (χ3v) is 3.42. The van der Waals surface area contributed by atoms with Crippen LogP contribution in [0.3, 0.4) is 0 Å². The fourth-order valence-electron chi connectivity index (χ4n) is 1.73. The highest BCUT2D eigenvalue weighted by Gasteiger charge is 2.14. The number of furan rings is 1. The van der Waals surface area contributed by atoms with Crippen molar-refractivity contribution in [2.45, 2.75) is 12.3 Å². The highest BCUT2D eigenvalue weighted by Crippen LogP contribution is 2.28. The maximum atomic E-state index is 10.9. The highest BCUT2D eigenvalue weighted by molar-refractivity contribution is 7.97. The topological polar surface area (TPSA) is 68.3 Å². The normalized spacial score (nSPS) is 10.5. The maximum Gasteiger partial charge on any atom is 0.292 e. The highest BCUT2D eigenvalue weighted by atomic mass is 35.5. The van der Waals surface area contributed by atoms with Crippen molar-refractivity contribution >= 4 is 34.7 Å². The lowest BCUT2D eigenvalue weighted by Crippen LogP contribution is -2.01. The standard InChI is InChI=1S/C13H13ClN2O3S/c1-20-8-11-4-3-10(19-11)7-15-12-6-9(14)2-5-13(12)16(17)18/h2-6,15H,7-8H2,1H3. The molecule has 0 saturated carbocycles. The first kappa shape index (κ1) is 14.7. The third-order valence-electron chi connectivity index (χ3n) is 2.61. The summed E-state index contributed by atoms with van der Waals surface area (Å²) in [5.74, 6) is 2.41. The van der Waals surface area contributed by atoms with Crippen molar-refractivity contribution in [1.29, 1.82) is 0 Å². The van der Waals surface area contributed by atoms with E-state index in [1.165, 1.54) is 18.2 Å². The van der Waals surface area contributed by atoms with Crippen molar-refractivity contribution in [3.63, 3.8) is 0 Å². The molecule has 0 saturated heterocycles. The SMILES string of the molecule is CSCc1ccc(CNc2cc(Cl)ccc2[N+](=O)[O-])o1. The molecule has 0 aliphatic rings. The Balaban J connectivity index is 2.09. The summed E-state index contributed by atoms with van der Waals surface area (Å²) in [5, 5.41) is 14.4. The number of hydrogen-bond donors (Lipinski definition) is 1. The molecule has 0 spiro atoms. The summed E-state index contributed by atoms with van der Waals surface area (Å²) in [7, 11) is 0. The van der Waals surface area contributed by atoms with Crippen LogP contribution in [0, 0.1) is 10.1 Å². The first-order valence-electron chi connectivity index (χ1n) is 5.84. The van der Waals surface area contributed by atoms with Gasteiger partial charge in [-0.1, -0.05) is 11.6 Å². The second kappa shape index (κ2) is 6.67. The van der Waals surface area contributed by atoms with Gasteiger partial charge < -0.3 is 9.73 Å². The third kappa shape index (κ3) is 3.68. The van der Waals surface area contributed by atoms with Crippen molar-refractivity contribution in [3.05, 3.63) is 57.0 Å². The quantitative estimate of drug-likeness (QED) is 0.635. The minimum atomic E-state index is -0.444. The molecule has 0 unspecified atom stereocenters. The van der Waals surface area contributed by atoms with E-state index >= 15 is 0 Å². The minimum Gasteiger partial charge on any atom is -0.463 e. The number of nitrogens with zero attached hydrogens (tertiary/aromatic N) is 1. The van der Waals surface area contributed by atoms with Gasteiger partial charge in [0.15, 0.2) is 0 Å². The number of benzene rings is 1. The van der Waals surface area contributed by atoms with Crippen LogP contribution in [0.4, 0.5) is 11.4 Å². The summed E-state index contributed by atoms with van der Waals surface area (Å²) in [6.07, 6.45) is 2.00. The molecule has 0 bridgehead atoms. The second-order valence-corrected chi connectivity index (χ2v) is 5.38. The number of nitro benzene ring substituents is 1. The van der Waals surface area contributed by atoms with Gasteiger partial charge in [0.1, 0.15) is 17.2 Å². The monoisotopic (exact) mass is 312 g/mol. The van der Waals surface area contributed by atoms with E-state index in [-0.39, 0.29) is 5.69 Å². The molecule has 5 nitrogen and oxygen atoms in total. The van der Waals surface area contributed by atoms with E-state index in [1.54, 1.807) is 11.8 Å². The number of rotatable bonds is 6. The van der Waals surface area contributed by atoms with Gasteiger partial charge in [-0.25, -0.2) is 0 Å². The fraction of sp³-hybridized carbons (Fsp3) is 0.231. The molecule has 1 aromatic carbocycles. The Morgan fingerprint density at radius 1 is 1.35 bits per heavy atom. The number of thioether (sulfide) groups is 1. The summed E-state index contributed by atoms with van der Waals surface area (Å²) in [6, 6.07) is 8.17. The molecule has 1 heterocycles. The van der Waals surface area contributed by atoms with Crippen LogP contribution in [0.15, 0.2) is 34.7 Å². The van der Waals surface area contributed by atoms with Crippen molar-refractivity contribution in [2.75, 3.05) is 11.6 Å². The molecule has 1 aromatic heterocycles. The van der Waals surface area contributed by atoms with Gasteiger partial charge in [-0.05, 0) is 30.5 Å². The van der Waals surface area contributed by atoms with Gasteiger partial charge in [0.05, 0.1) is 17.2 Å². The van der Waals surface area contributed by atoms with Crippen LogP contribution in [0.1, 0.15) is 11.5 Å². The zero-order valence-corrected chi connectivity index (χ0v) is 12.3. The Hall–Kier alpha value is -1.66. The van der Waals surface area contributed by atoms with Gasteiger partial charge in [-0.3, -0.25) is 10.1 Å². The summed E-state index contributed by atoms with van der Waals surface area (Å²) >= 11 is 7.53. The molecular formula is C13H13ClN2O3S. The van der Waals surface area contributed by atoms with E-state index < -0.39 is 4.92 Å². The summed E-state index contributed by atoms with van der Waals surface area (Å²) in [6.45, 7) is 0.371. The smallest absolute Gasteiger partial charge is 0.292 e. The van der Waals surface area contributed by atoms with Crippen LogP contribution in [0.5, 0.6) is 0 Å². The zero-order valence-electron chi connectivity index (χ0n) is 10.8. The van der Waals surface area contributed by atoms with Gasteiger partial charge in [-0.15, -0.1) is 0 Å². The van der Waals surface area contributed by atoms with Crippen molar-refractivity contribution in [2.24, 2.45) is 0 Å². The van der Waals surface area contributed by atoms with E-state index in [4.69, 9.17) is 16.0 Å². The molecule has 0 fully saturated rings. The summed E-state index contributed by atoms with van der Waals surface area (Å²) in [4.78, 5) is 10.5. The molecule has 0 aliphatic heterocycles. The van der Waals surface area contributed by atoms with Crippen LogP contribution >= 0.6 is 23.4 Å². The molecule has 20 heavy (non-hydrogen) atoms. The average molecular weight is 313 g/mol. The van der Waals surface area contributed by atoms with Crippen LogP contribution < -0.4 is 5.32 Å². The van der Waals surface area contributed by atoms with Crippen LogP contribution in [-0.4, -0.2) is 11.2 Å². The van der Waals surface area contributed by atoms with Gasteiger partial charge in [0, 0.05) is 11.1 Å². The van der Waals surface area contributed by atoms with Crippen LogP contribution in [0.25, 0.3) is 0 Å². The van der Waals surface area contributed by atoms with Crippen molar-refractivity contribution < 1.29 is 9.34 Å². The average Bonchev–Trinajstić information content (AvgIpc) is 2.84. The van der Waals surface area contributed by atoms with Gasteiger partial charge >= 0.3 is 0 Å². The Kier molecular flexibility index (Phi) is 4.92. The van der Waals surface area contributed by atoms with E-state index in [9.17, 15) is 10.1 Å². The Morgan fingerprint density at radius 2 is 2.10 bits per heavy atom. The largest absolute Gasteiger partial charge is 0.463 e. The Bertz CT molecular complexity index is 615. The van der Waals surface area contributed by atoms with Gasteiger partial charge in [0.25, 0.3) is 5.69 Å². The number of nitrogens with one attached hydrogen (secondary N) is 1. The van der Waals surface area contributed by atoms with E-state index in [0.29, 0.717) is 17.3 Å². The number of anilines is 1. The molecule has 2 rings (SSSR count). The summed E-state index contributed by atoms with van der Waals surface area (Å²) in [5.41, 5.74) is 0.371. The van der Waals surface area contributed by atoms with Gasteiger partial charge in [0.2, 0.25) is 0 Å². The molecule has 0 atom stereocenters. The van der Waals surface area contributed by atoms with Crippen LogP contribution in [-0.2, 0) is 12.3 Å². The number of nitro groups is 1. The molecule has 2 aromatic rings. The predicted molar refractivity (Wildman–Crippen MR) is 81.4 cm³/mol. The lowest BCUT2D eigenvalue weighted by Gasteiger charge is -2.06. The number of hydrogen-bond acceptors (Lipinski definition) is 5. The van der Waals surface area contributed by atoms with E-state index in [0.717, 1.165) is 17.3 Å². The second-order valence-electron chi connectivity index (χ2n) is 4.07. The molecular weight excluding hydrogens is 300 g/mol. The van der Waals surface area contributed by atoms with E-state index in [2.05, 4.69) is 5.32 Å². The maximum absolute atomic E-state index is 10.9. The molecule has 7 heteroatoms. The molecule has 106 valence electrons.